The van der Waals surface area contributed by atoms with Gasteiger partial charge in [0.15, 0.2) is 0 Å². The fourth-order valence-corrected chi connectivity index (χ4v) is 1.18. The minimum absolute atomic E-state index is 0.651. The third-order valence-corrected chi connectivity index (χ3v) is 1.99. The monoisotopic (exact) mass is 206 g/mol. The fraction of sp³-hybridized carbons (Fsp3) is 0.714. The maximum atomic E-state index is 10.7. The van der Waals surface area contributed by atoms with Gasteiger partial charge in [-0.2, -0.15) is 0 Å². The first kappa shape index (κ1) is 11.3. The van der Waals surface area contributed by atoms with Gasteiger partial charge in [-0.05, 0) is 0 Å². The van der Waals surface area contributed by atoms with Crippen LogP contribution < -0.4 is 5.73 Å². The molecule has 7 heteroatoms. The summed E-state index contributed by atoms with van der Waals surface area (Å²) < 4.78 is 4.63. The van der Waals surface area contributed by atoms with Gasteiger partial charge in [0.25, 0.3) is 11.7 Å². The molecule has 1 unspecified atom stereocenters. The number of hydrogen-bond donors (Lipinski definition) is 5. The molecule has 1 radical (unpaired) electrons. The van der Waals surface area contributed by atoms with Crippen LogP contribution in [0.25, 0.3) is 0 Å². The van der Waals surface area contributed by atoms with Gasteiger partial charge in [-0.25, -0.2) is 0 Å². The molecule has 6 N–H and O–H groups in total. The quantitative estimate of drug-likeness (QED) is 0.318. The predicted octanol–water partition coefficient (Wildman–Crippen LogP) is -3.52. The van der Waals surface area contributed by atoms with Gasteiger partial charge >= 0.3 is 0 Å². The number of aliphatic hydroxyl groups excluding tert-OH is 3. The smallest absolute Gasteiger partial charge is 0.278 e. The van der Waals surface area contributed by atoms with Gasteiger partial charge in [0.2, 0.25) is 0 Å². The maximum absolute atomic E-state index is 10.7. The van der Waals surface area contributed by atoms with Crippen LogP contribution in [0.1, 0.15) is 0 Å². The Kier molecular flexibility index (Phi) is 3.07. The average molecular weight is 206 g/mol. The highest BCUT2D eigenvalue weighted by Crippen LogP contribution is 2.26. The van der Waals surface area contributed by atoms with E-state index in [1.54, 1.807) is 0 Å². The molecular formula is C7H12NO6. The Bertz CT molecular complexity index is 234. The summed E-state index contributed by atoms with van der Waals surface area (Å²) in [6, 6.07) is 0. The van der Waals surface area contributed by atoms with Crippen molar-refractivity contribution >= 4 is 5.91 Å². The second-order valence-corrected chi connectivity index (χ2v) is 3.05. The zero-order valence-corrected chi connectivity index (χ0v) is 7.20. The van der Waals surface area contributed by atoms with E-state index in [4.69, 9.17) is 10.8 Å². The normalized spacial score (nSPS) is 43.6. The minimum atomic E-state index is -2.45. The Morgan fingerprint density at radius 1 is 1.57 bits per heavy atom. The van der Waals surface area contributed by atoms with Crippen LogP contribution >= 0.6 is 0 Å². The zero-order valence-electron chi connectivity index (χ0n) is 7.20. The van der Waals surface area contributed by atoms with Crippen molar-refractivity contribution in [1.29, 1.82) is 0 Å². The van der Waals surface area contributed by atoms with Crippen LogP contribution in [0, 0.1) is 6.42 Å². The van der Waals surface area contributed by atoms with Crippen LogP contribution in [-0.4, -0.2) is 57.0 Å². The summed E-state index contributed by atoms with van der Waals surface area (Å²) in [6.45, 7) is -0.651. The molecule has 1 saturated heterocycles. The van der Waals surface area contributed by atoms with E-state index in [-0.39, 0.29) is 0 Å². The van der Waals surface area contributed by atoms with Crippen molar-refractivity contribution in [2.45, 2.75) is 24.1 Å². The van der Waals surface area contributed by atoms with Gasteiger partial charge < -0.3 is 30.9 Å². The Morgan fingerprint density at radius 3 is 2.57 bits per heavy atom. The SMILES string of the molecule is NC(=O)C1(O)[CH][C@@H](O)[C@H](O)[C@@H](CO)O1. The first-order chi connectivity index (χ1) is 6.40. The third-order valence-electron chi connectivity index (χ3n) is 1.99. The topological polar surface area (TPSA) is 133 Å². The van der Waals surface area contributed by atoms with E-state index in [0.29, 0.717) is 6.42 Å². The number of ether oxygens (including phenoxy) is 1. The zero-order chi connectivity index (χ0) is 10.9. The molecule has 1 fully saturated rings. The van der Waals surface area contributed by atoms with E-state index in [2.05, 4.69) is 4.74 Å². The molecule has 1 aliphatic rings. The molecular weight excluding hydrogens is 194 g/mol. The number of primary amides is 1. The summed E-state index contributed by atoms with van der Waals surface area (Å²) >= 11 is 0. The molecule has 0 spiro atoms. The molecule has 4 atom stereocenters. The number of aliphatic hydroxyl groups is 4. The molecule has 1 amide bonds. The summed E-state index contributed by atoms with van der Waals surface area (Å²) in [5, 5.41) is 36.5. The minimum Gasteiger partial charge on any atom is -0.394 e. The Morgan fingerprint density at radius 2 is 2.14 bits per heavy atom. The lowest BCUT2D eigenvalue weighted by molar-refractivity contribution is -0.261. The van der Waals surface area contributed by atoms with Gasteiger partial charge in [0.05, 0.1) is 19.1 Å². The van der Waals surface area contributed by atoms with Crippen molar-refractivity contribution in [3.8, 4) is 0 Å². The molecule has 14 heavy (non-hydrogen) atoms. The standard InChI is InChI=1S/C7H12NO6/c8-6(12)7(13)1-3(10)5(11)4(2-9)14-7/h1,3-5,9-11,13H,2H2,(H2,8,12)/t3-,4-,5+,7?/m1/s1. The van der Waals surface area contributed by atoms with Crippen molar-refractivity contribution in [1.82, 2.24) is 0 Å². The van der Waals surface area contributed by atoms with E-state index in [1.165, 1.54) is 0 Å². The summed E-state index contributed by atoms with van der Waals surface area (Å²) in [6.07, 6.45) is -3.47. The molecule has 0 aromatic rings. The van der Waals surface area contributed by atoms with Gasteiger partial charge in [-0.3, -0.25) is 4.79 Å². The molecule has 81 valence electrons. The maximum Gasteiger partial charge on any atom is 0.278 e. The summed E-state index contributed by atoms with van der Waals surface area (Å²) in [4.78, 5) is 10.7. The van der Waals surface area contributed by atoms with Gasteiger partial charge in [0, 0.05) is 0 Å². The molecule has 0 aromatic carbocycles. The molecule has 0 bridgehead atoms. The van der Waals surface area contributed by atoms with Crippen LogP contribution in [0.2, 0.25) is 0 Å². The van der Waals surface area contributed by atoms with Crippen molar-refractivity contribution in [3.63, 3.8) is 0 Å². The Labute approximate surface area is 79.7 Å². The molecule has 1 rings (SSSR count). The molecule has 0 aliphatic carbocycles. The molecule has 7 nitrogen and oxygen atoms in total. The lowest BCUT2D eigenvalue weighted by atomic mass is 9.95. The summed E-state index contributed by atoms with van der Waals surface area (Å²) in [5.74, 6) is -3.67. The lowest BCUT2D eigenvalue weighted by Crippen LogP contribution is -2.61. The van der Waals surface area contributed by atoms with Crippen LogP contribution in [0.5, 0.6) is 0 Å². The highest BCUT2D eigenvalue weighted by molar-refractivity contribution is 5.83. The van der Waals surface area contributed by atoms with Crippen LogP contribution in [0.3, 0.4) is 0 Å². The second kappa shape index (κ2) is 3.79. The third kappa shape index (κ3) is 1.86. The highest BCUT2D eigenvalue weighted by atomic mass is 16.7. The highest BCUT2D eigenvalue weighted by Gasteiger charge is 2.49. The van der Waals surface area contributed by atoms with E-state index in [1.807, 2.05) is 0 Å². The molecule has 1 aliphatic heterocycles. The van der Waals surface area contributed by atoms with E-state index in [9.17, 15) is 20.1 Å². The number of amides is 1. The van der Waals surface area contributed by atoms with Crippen LogP contribution in [-0.2, 0) is 9.53 Å². The number of hydrogen-bond acceptors (Lipinski definition) is 6. The molecule has 0 aromatic heterocycles. The van der Waals surface area contributed by atoms with Gasteiger partial charge in [-0.1, -0.05) is 0 Å². The van der Waals surface area contributed by atoms with Crippen LogP contribution in [0.4, 0.5) is 0 Å². The van der Waals surface area contributed by atoms with E-state index >= 15 is 0 Å². The van der Waals surface area contributed by atoms with Crippen molar-refractivity contribution in [2.75, 3.05) is 6.61 Å². The van der Waals surface area contributed by atoms with E-state index < -0.39 is 36.6 Å². The van der Waals surface area contributed by atoms with Crippen molar-refractivity contribution < 1.29 is 30.0 Å². The predicted molar refractivity (Wildman–Crippen MR) is 42.4 cm³/mol. The fourth-order valence-electron chi connectivity index (χ4n) is 1.18. The van der Waals surface area contributed by atoms with Crippen molar-refractivity contribution in [2.24, 2.45) is 5.73 Å². The average Bonchev–Trinajstić information content (AvgIpc) is 2.11. The van der Waals surface area contributed by atoms with Crippen molar-refractivity contribution in [3.05, 3.63) is 6.42 Å². The molecule has 0 saturated carbocycles. The molecule has 1 heterocycles. The first-order valence-corrected chi connectivity index (χ1v) is 3.94. The van der Waals surface area contributed by atoms with Gasteiger partial charge in [0.1, 0.15) is 12.2 Å². The summed E-state index contributed by atoms with van der Waals surface area (Å²) in [5.41, 5.74) is 4.81. The Hall–Kier alpha value is -0.730. The lowest BCUT2D eigenvalue weighted by Gasteiger charge is -2.39. The number of nitrogens with two attached hydrogens (primary N) is 1. The van der Waals surface area contributed by atoms with Crippen LogP contribution in [0.15, 0.2) is 0 Å². The van der Waals surface area contributed by atoms with Gasteiger partial charge in [-0.15, -0.1) is 0 Å². The number of carbonyl (C=O) groups is 1. The number of carbonyl (C=O) groups excluding carboxylic acids is 1. The second-order valence-electron chi connectivity index (χ2n) is 3.05. The largest absolute Gasteiger partial charge is 0.394 e. The first-order valence-electron chi connectivity index (χ1n) is 3.94. The summed E-state index contributed by atoms with van der Waals surface area (Å²) in [7, 11) is 0. The Balaban J connectivity index is 2.81. The van der Waals surface area contributed by atoms with E-state index in [0.717, 1.165) is 0 Å². The number of rotatable bonds is 2.